The molecule has 3 fully saturated rings. The normalized spacial score (nSPS) is 28.8. The number of fused-ring (bicyclic) bond motifs is 1. The molecule has 0 radical (unpaired) electrons. The average molecular weight is 453 g/mol. The Balaban J connectivity index is 1.17. The number of anilines is 3. The molecule has 0 spiro atoms. The van der Waals surface area contributed by atoms with Gasteiger partial charge in [0.25, 0.3) is 0 Å². The summed E-state index contributed by atoms with van der Waals surface area (Å²) in [4.78, 5) is 27.8. The fourth-order valence-electron chi connectivity index (χ4n) is 5.91. The number of nitrogens with one attached hydrogen (secondary N) is 3. The topological polar surface area (TPSA) is 102 Å². The summed E-state index contributed by atoms with van der Waals surface area (Å²) < 4.78 is 0. The van der Waals surface area contributed by atoms with E-state index in [4.69, 9.17) is 9.97 Å². The van der Waals surface area contributed by atoms with Crippen molar-refractivity contribution < 1.29 is 4.79 Å². The van der Waals surface area contributed by atoms with E-state index in [0.29, 0.717) is 36.4 Å². The first-order valence-corrected chi connectivity index (χ1v) is 12.1. The van der Waals surface area contributed by atoms with E-state index in [1.54, 1.807) is 11.3 Å². The molecule has 9 nitrogen and oxygen atoms in total. The van der Waals surface area contributed by atoms with E-state index in [-0.39, 0.29) is 5.54 Å². The van der Waals surface area contributed by atoms with Crippen LogP contribution in [-0.4, -0.2) is 80.1 Å². The molecule has 3 aliphatic heterocycles. The monoisotopic (exact) mass is 452 g/mol. The number of nitrogens with zero attached hydrogens (tertiary/aromatic N) is 5. The molecule has 2 unspecified atom stereocenters. The Morgan fingerprint density at radius 3 is 2.78 bits per heavy atom. The van der Waals surface area contributed by atoms with E-state index in [1.807, 2.05) is 43.4 Å². The molecule has 4 atom stereocenters. The third-order valence-corrected chi connectivity index (χ3v) is 7.94. The summed E-state index contributed by atoms with van der Waals surface area (Å²) in [5, 5.41) is 17.2. The summed E-state index contributed by atoms with van der Waals surface area (Å²) in [6.45, 7) is 2.51. The van der Waals surface area contributed by atoms with Crippen LogP contribution in [-0.2, 0) is 4.79 Å². The maximum Gasteiger partial charge on any atom is 0.226 e. The second-order valence-corrected chi connectivity index (χ2v) is 10.6. The van der Waals surface area contributed by atoms with Gasteiger partial charge in [-0.15, -0.1) is 11.3 Å². The molecule has 3 aromatic heterocycles. The quantitative estimate of drug-likeness (QED) is 0.503. The number of H-pyrrole nitrogens is 1. The van der Waals surface area contributed by atoms with Crippen molar-refractivity contribution >= 4 is 44.9 Å². The number of ketones is 1. The molecule has 3 aliphatic rings. The first kappa shape index (κ1) is 20.1. The van der Waals surface area contributed by atoms with Crippen molar-refractivity contribution in [2.24, 2.45) is 0 Å². The predicted octanol–water partition coefficient (Wildman–Crippen LogP) is 2.76. The van der Waals surface area contributed by atoms with Crippen LogP contribution in [0.25, 0.3) is 10.2 Å². The molecule has 0 saturated carbocycles. The maximum atomic E-state index is 12.8. The molecule has 0 aromatic carbocycles. The van der Waals surface area contributed by atoms with Gasteiger partial charge in [0, 0.05) is 29.9 Å². The zero-order valence-corrected chi connectivity index (χ0v) is 19.4. The number of hydrogen-bond acceptors (Lipinski definition) is 9. The number of hydrogen-bond donors (Lipinski definition) is 3. The van der Waals surface area contributed by atoms with Gasteiger partial charge in [0.1, 0.15) is 10.6 Å². The summed E-state index contributed by atoms with van der Waals surface area (Å²) in [6, 6.07) is 5.29. The maximum absolute atomic E-state index is 12.8. The van der Waals surface area contributed by atoms with Crippen LogP contribution < -0.4 is 10.6 Å². The van der Waals surface area contributed by atoms with E-state index >= 15 is 0 Å². The molecule has 6 heterocycles. The van der Waals surface area contributed by atoms with Crippen molar-refractivity contribution in [3.63, 3.8) is 0 Å². The van der Waals surface area contributed by atoms with Gasteiger partial charge in [-0.2, -0.15) is 10.1 Å². The molecule has 168 valence electrons. The third kappa shape index (κ3) is 3.12. The zero-order chi connectivity index (χ0) is 22.0. The Bertz CT molecular complexity index is 1170. The van der Waals surface area contributed by atoms with E-state index in [0.717, 1.165) is 53.2 Å². The van der Waals surface area contributed by atoms with Gasteiger partial charge in [-0.05, 0) is 58.1 Å². The van der Waals surface area contributed by atoms with Gasteiger partial charge in [0.2, 0.25) is 5.95 Å². The fraction of sp³-hybridized carbons (Fsp3) is 0.545. The van der Waals surface area contributed by atoms with Gasteiger partial charge in [0.15, 0.2) is 11.6 Å². The SMILES string of the molecule is Cc1cc(Nc2nc(NC3C[C@@H]4CC5(C(=O)CN(C)C)C[C@H](C3)N45)nc3sccc23)n[nH]1. The highest BCUT2D eigenvalue weighted by atomic mass is 32.1. The summed E-state index contributed by atoms with van der Waals surface area (Å²) >= 11 is 1.61. The Morgan fingerprint density at radius 2 is 2.09 bits per heavy atom. The van der Waals surface area contributed by atoms with Crippen LogP contribution in [0, 0.1) is 6.92 Å². The van der Waals surface area contributed by atoms with Crippen LogP contribution in [0.15, 0.2) is 17.5 Å². The van der Waals surface area contributed by atoms with Crippen LogP contribution >= 0.6 is 11.3 Å². The standard InChI is InChI=1S/C22H28N8OS/c1-12-6-18(28-27-12)24-19-16-4-5-32-20(16)26-21(25-19)23-13-7-14-9-22(17(31)11-29(2)3)10-15(8-13)30(14)22/h4-6,13-15H,7-11H2,1-3H3,(H3,23,24,25,26,27,28)/t13?,14-,15+,22?. The molecular weight excluding hydrogens is 424 g/mol. The Hall–Kier alpha value is -2.56. The van der Waals surface area contributed by atoms with E-state index in [2.05, 4.69) is 25.7 Å². The highest BCUT2D eigenvalue weighted by Crippen LogP contribution is 2.57. The number of aryl methyl sites for hydroxylation is 1. The number of likely N-dealkylation sites (N-methyl/N-ethyl adjacent to an activating group) is 1. The number of carbonyl (C=O) groups is 1. The average Bonchev–Trinajstić information content (AvgIpc) is 3.32. The number of thiophene rings is 1. The van der Waals surface area contributed by atoms with E-state index < -0.39 is 0 Å². The highest BCUT2D eigenvalue weighted by Gasteiger charge is 2.68. The van der Waals surface area contributed by atoms with Crippen molar-refractivity contribution in [2.75, 3.05) is 31.3 Å². The molecule has 0 bridgehead atoms. The van der Waals surface area contributed by atoms with Crippen molar-refractivity contribution in [1.82, 2.24) is 30.0 Å². The lowest BCUT2D eigenvalue weighted by Crippen LogP contribution is -2.84. The highest BCUT2D eigenvalue weighted by molar-refractivity contribution is 7.16. The van der Waals surface area contributed by atoms with Crippen molar-refractivity contribution in [3.8, 4) is 0 Å². The molecular formula is C22H28N8OS. The number of piperidine rings is 2. The van der Waals surface area contributed by atoms with Crippen molar-refractivity contribution in [3.05, 3.63) is 23.2 Å². The van der Waals surface area contributed by atoms with Gasteiger partial charge in [-0.1, -0.05) is 0 Å². The minimum absolute atomic E-state index is 0.171. The summed E-state index contributed by atoms with van der Waals surface area (Å²) in [7, 11) is 3.94. The Kier molecular flexibility index (Phi) is 4.53. The van der Waals surface area contributed by atoms with E-state index in [1.165, 1.54) is 0 Å². The summed E-state index contributed by atoms with van der Waals surface area (Å²) in [6.07, 6.45) is 4.04. The summed E-state index contributed by atoms with van der Waals surface area (Å²) in [5.74, 6) is 2.55. The number of Topliss-reactive ketones (excluding diaryl/α,β-unsaturated/α-hetero) is 1. The number of carbonyl (C=O) groups excluding carboxylic acids is 1. The number of aromatic nitrogens is 4. The van der Waals surface area contributed by atoms with Gasteiger partial charge >= 0.3 is 0 Å². The number of rotatable bonds is 7. The molecule has 3 saturated heterocycles. The Labute approximate surface area is 190 Å². The third-order valence-electron chi connectivity index (χ3n) is 7.13. The molecule has 3 aromatic rings. The fourth-order valence-corrected chi connectivity index (χ4v) is 6.68. The van der Waals surface area contributed by atoms with Gasteiger partial charge in [-0.25, -0.2) is 4.98 Å². The van der Waals surface area contributed by atoms with Crippen LogP contribution in [0.2, 0.25) is 0 Å². The zero-order valence-electron chi connectivity index (χ0n) is 18.6. The predicted molar refractivity (Wildman–Crippen MR) is 126 cm³/mol. The van der Waals surface area contributed by atoms with E-state index in [9.17, 15) is 4.79 Å². The summed E-state index contributed by atoms with van der Waals surface area (Å²) in [5.41, 5.74) is 0.824. The molecule has 10 heteroatoms. The van der Waals surface area contributed by atoms with Gasteiger partial charge in [-0.3, -0.25) is 14.8 Å². The van der Waals surface area contributed by atoms with Crippen LogP contribution in [0.4, 0.5) is 17.6 Å². The minimum Gasteiger partial charge on any atom is -0.351 e. The minimum atomic E-state index is -0.171. The van der Waals surface area contributed by atoms with Crippen LogP contribution in [0.5, 0.6) is 0 Å². The first-order chi connectivity index (χ1) is 15.4. The second kappa shape index (κ2) is 7.23. The van der Waals surface area contributed by atoms with Crippen molar-refractivity contribution in [2.45, 2.75) is 56.3 Å². The van der Waals surface area contributed by atoms with Crippen molar-refractivity contribution in [1.29, 1.82) is 0 Å². The largest absolute Gasteiger partial charge is 0.351 e. The lowest BCUT2D eigenvalue weighted by molar-refractivity contribution is -0.217. The van der Waals surface area contributed by atoms with Gasteiger partial charge < -0.3 is 15.5 Å². The molecule has 32 heavy (non-hydrogen) atoms. The molecule has 0 aliphatic carbocycles. The first-order valence-electron chi connectivity index (χ1n) is 11.2. The lowest BCUT2D eigenvalue weighted by atomic mass is 9.57. The van der Waals surface area contributed by atoms with Crippen LogP contribution in [0.1, 0.15) is 31.4 Å². The Morgan fingerprint density at radius 1 is 1.31 bits per heavy atom. The van der Waals surface area contributed by atoms with Gasteiger partial charge in [0.05, 0.1) is 17.5 Å². The molecule has 6 rings (SSSR count). The lowest BCUT2D eigenvalue weighted by Gasteiger charge is -2.72. The molecule has 3 N–H and O–H groups in total. The smallest absolute Gasteiger partial charge is 0.226 e. The molecule has 0 amide bonds. The van der Waals surface area contributed by atoms with Crippen LogP contribution in [0.3, 0.4) is 0 Å². The second-order valence-electron chi connectivity index (χ2n) is 9.72. The number of aromatic amines is 1.